The molecule has 0 saturated carbocycles. The van der Waals surface area contributed by atoms with Gasteiger partial charge in [0.25, 0.3) is 0 Å². The van der Waals surface area contributed by atoms with E-state index in [0.717, 1.165) is 61.1 Å². The summed E-state index contributed by atoms with van der Waals surface area (Å²) >= 11 is 0. The number of nitrogens with one attached hydrogen (secondary N) is 2. The van der Waals surface area contributed by atoms with Crippen LogP contribution < -0.4 is 0 Å². The predicted octanol–water partition coefficient (Wildman–Crippen LogP) is 9.33. The molecule has 0 radical (unpaired) electrons. The molecule has 256 valence electrons. The van der Waals surface area contributed by atoms with Gasteiger partial charge in [-0.25, -0.2) is 18.7 Å². The van der Waals surface area contributed by atoms with E-state index in [1.807, 2.05) is 48.5 Å². The summed E-state index contributed by atoms with van der Waals surface area (Å²) < 4.78 is 38.2. The third-order valence-electron chi connectivity index (χ3n) is 8.18. The number of aromatic amines is 2. The van der Waals surface area contributed by atoms with Crippen molar-refractivity contribution in [3.8, 4) is 73.6 Å². The van der Waals surface area contributed by atoms with Gasteiger partial charge in [0.05, 0.1) is 22.8 Å². The molecule has 4 aromatic carbocycles. The second kappa shape index (κ2) is 15.1. The molecule has 0 spiro atoms. The second-order valence-corrected chi connectivity index (χ2v) is 13.0. The summed E-state index contributed by atoms with van der Waals surface area (Å²) in [4.78, 5) is 25.0. The molecule has 0 saturated heterocycles. The smallest absolute Gasteiger partial charge is 0.138 e. The first-order valence-corrected chi connectivity index (χ1v) is 17.6. The van der Waals surface area contributed by atoms with Gasteiger partial charge in [0.1, 0.15) is 29.0 Å². The van der Waals surface area contributed by atoms with Crippen LogP contribution in [0.1, 0.15) is 0 Å². The van der Waals surface area contributed by atoms with Gasteiger partial charge in [-0.1, -0.05) is 12.1 Å². The molecule has 3 N–H and O–H groups in total. The maximum Gasteiger partial charge on any atom is 0.138 e. The number of imidazole rings is 2. The number of hydrogen-bond donors (Lipinski definition) is 3. The first-order valence-electron chi connectivity index (χ1n) is 16.1. The number of nitrogens with zero attached hydrogens (tertiary/aromatic N) is 4. The number of aromatic nitrogens is 6. The highest BCUT2D eigenvalue weighted by atomic mass is 32.2. The molecule has 4 aromatic heterocycles. The van der Waals surface area contributed by atoms with Crippen molar-refractivity contribution >= 4 is 10.8 Å². The summed E-state index contributed by atoms with van der Waals surface area (Å²) in [5, 5.41) is 9.47. The Hall–Kier alpha value is -6.59. The molecule has 0 aliphatic heterocycles. The van der Waals surface area contributed by atoms with Crippen molar-refractivity contribution in [1.82, 2.24) is 29.9 Å². The van der Waals surface area contributed by atoms with Gasteiger partial charge in [0.2, 0.25) is 0 Å². The average Bonchev–Trinajstić information content (AvgIpc) is 3.83. The number of benzene rings is 4. The normalized spacial score (nSPS) is 11.4. The molecule has 8 aromatic rings. The number of aromatic hydroxyl groups is 1. The molecular formula is C41H30F2N6O2S. The number of halogens is 2. The summed E-state index contributed by atoms with van der Waals surface area (Å²) in [5.41, 5.74) is 8.37. The summed E-state index contributed by atoms with van der Waals surface area (Å²) in [6, 6.07) is 34.3. The van der Waals surface area contributed by atoms with Crippen LogP contribution >= 0.6 is 0 Å². The van der Waals surface area contributed by atoms with E-state index >= 15 is 0 Å². The van der Waals surface area contributed by atoms with Crippen molar-refractivity contribution in [2.75, 3.05) is 6.26 Å². The lowest BCUT2D eigenvalue weighted by Crippen LogP contribution is -1.87. The highest BCUT2D eigenvalue weighted by Gasteiger charge is 2.17. The number of rotatable bonds is 7. The quantitative estimate of drug-likeness (QED) is 0.152. The fourth-order valence-electron chi connectivity index (χ4n) is 5.53. The molecular weight excluding hydrogens is 679 g/mol. The lowest BCUT2D eigenvalue weighted by Gasteiger charge is -2.02. The molecule has 52 heavy (non-hydrogen) atoms. The molecule has 0 bridgehead atoms. The first kappa shape index (κ1) is 33.9. The highest BCUT2D eigenvalue weighted by molar-refractivity contribution is 7.84. The SMILES string of the molecule is CS(=O)c1ccc(-c2nc(-c3ccc(F)cc3)c(-c3ccncc3)[nH]2)cc1.Oc1ccc(-c2nc(-c3ccc(F)cc3)c(-c3ccncc3)[nH]2)cc1. The molecule has 0 aliphatic rings. The van der Waals surface area contributed by atoms with Crippen LogP contribution in [0.2, 0.25) is 0 Å². The molecule has 0 aliphatic carbocycles. The molecule has 11 heteroatoms. The number of phenolic OH excluding ortho intramolecular Hbond substituents is 1. The van der Waals surface area contributed by atoms with E-state index in [0.29, 0.717) is 11.6 Å². The fraction of sp³-hybridized carbons (Fsp3) is 0.0244. The summed E-state index contributed by atoms with van der Waals surface area (Å²) in [6.45, 7) is 0. The van der Waals surface area contributed by atoms with Crippen molar-refractivity contribution in [3.63, 3.8) is 0 Å². The zero-order valence-electron chi connectivity index (χ0n) is 27.7. The minimum atomic E-state index is -1.03. The van der Waals surface area contributed by atoms with Crippen molar-refractivity contribution in [2.45, 2.75) is 4.90 Å². The predicted molar refractivity (Wildman–Crippen MR) is 199 cm³/mol. The van der Waals surface area contributed by atoms with Crippen molar-refractivity contribution in [3.05, 3.63) is 158 Å². The van der Waals surface area contributed by atoms with Crippen molar-refractivity contribution in [1.29, 1.82) is 0 Å². The lowest BCUT2D eigenvalue weighted by molar-refractivity contribution is 0.475. The number of phenols is 1. The van der Waals surface area contributed by atoms with Crippen molar-refractivity contribution < 1.29 is 18.1 Å². The lowest BCUT2D eigenvalue weighted by atomic mass is 10.1. The summed E-state index contributed by atoms with van der Waals surface area (Å²) in [5.74, 6) is 0.982. The Kier molecular flexibility index (Phi) is 9.85. The van der Waals surface area contributed by atoms with Crippen LogP contribution in [0.3, 0.4) is 0 Å². The van der Waals surface area contributed by atoms with Crippen LogP contribution in [-0.4, -0.2) is 45.5 Å². The summed E-state index contributed by atoms with van der Waals surface area (Å²) in [6.07, 6.45) is 8.51. The van der Waals surface area contributed by atoms with Gasteiger partial charge in [-0.3, -0.25) is 14.2 Å². The summed E-state index contributed by atoms with van der Waals surface area (Å²) in [7, 11) is -1.03. The second-order valence-electron chi connectivity index (χ2n) is 11.6. The van der Waals surface area contributed by atoms with Crippen LogP contribution in [0, 0.1) is 11.6 Å². The van der Waals surface area contributed by atoms with E-state index in [1.165, 1.54) is 24.3 Å². The van der Waals surface area contributed by atoms with E-state index in [2.05, 4.69) is 19.9 Å². The van der Waals surface area contributed by atoms with E-state index in [9.17, 15) is 18.1 Å². The molecule has 0 fully saturated rings. The minimum absolute atomic E-state index is 0.198. The Morgan fingerprint density at radius 3 is 1.25 bits per heavy atom. The van der Waals surface area contributed by atoms with Crippen LogP contribution in [0.15, 0.2) is 151 Å². The molecule has 4 heterocycles. The largest absolute Gasteiger partial charge is 0.508 e. The topological polar surface area (TPSA) is 120 Å². The van der Waals surface area contributed by atoms with Gasteiger partial charge in [0.15, 0.2) is 0 Å². The number of pyridine rings is 2. The number of hydrogen-bond acceptors (Lipinski definition) is 6. The van der Waals surface area contributed by atoms with Crippen LogP contribution in [0.4, 0.5) is 8.78 Å². The van der Waals surface area contributed by atoms with Gasteiger partial charge in [-0.2, -0.15) is 0 Å². The van der Waals surface area contributed by atoms with E-state index < -0.39 is 10.8 Å². The highest BCUT2D eigenvalue weighted by Crippen LogP contribution is 2.34. The molecule has 1 atom stereocenters. The Bertz CT molecular complexity index is 2430. The van der Waals surface area contributed by atoms with Gasteiger partial charge in [-0.15, -0.1) is 0 Å². The molecule has 1 unspecified atom stereocenters. The maximum absolute atomic E-state index is 13.3. The van der Waals surface area contributed by atoms with E-state index in [1.54, 1.807) is 79.6 Å². The van der Waals surface area contributed by atoms with E-state index in [4.69, 9.17) is 9.97 Å². The monoisotopic (exact) mass is 708 g/mol. The third kappa shape index (κ3) is 7.59. The number of H-pyrrole nitrogens is 2. The molecule has 0 amide bonds. The van der Waals surface area contributed by atoms with Crippen LogP contribution in [0.25, 0.3) is 67.8 Å². The Labute approximate surface area is 300 Å². The standard InChI is InChI=1S/C21H16FN3OS.C20H14FN3O/c1-27(26)18-8-4-16(5-9-18)21-24-19(14-2-6-17(22)7-3-14)20(25-21)15-10-12-23-13-11-15;21-16-5-1-13(2-6-16)18-19(14-9-11-22-12-10-14)24-20(23-18)15-3-7-17(25)8-4-15/h2-13H,1H3,(H,24,25);1-12,25H,(H,23,24). The zero-order chi connectivity index (χ0) is 36.0. The van der Waals surface area contributed by atoms with Crippen LogP contribution in [-0.2, 0) is 10.8 Å². The Morgan fingerprint density at radius 1 is 0.500 bits per heavy atom. The van der Waals surface area contributed by atoms with Crippen LogP contribution in [0.5, 0.6) is 5.75 Å². The molecule has 8 nitrogen and oxygen atoms in total. The Balaban J connectivity index is 0.000000162. The third-order valence-corrected chi connectivity index (χ3v) is 9.12. The van der Waals surface area contributed by atoms with Gasteiger partial charge < -0.3 is 15.1 Å². The maximum atomic E-state index is 13.3. The fourth-order valence-corrected chi connectivity index (χ4v) is 6.05. The van der Waals surface area contributed by atoms with Crippen molar-refractivity contribution in [2.24, 2.45) is 0 Å². The average molecular weight is 709 g/mol. The van der Waals surface area contributed by atoms with Gasteiger partial charge >= 0.3 is 0 Å². The minimum Gasteiger partial charge on any atom is -0.508 e. The molecule has 8 rings (SSSR count). The van der Waals surface area contributed by atoms with Gasteiger partial charge in [0, 0.05) is 80.1 Å². The van der Waals surface area contributed by atoms with Gasteiger partial charge in [-0.05, 0) is 109 Å². The van der Waals surface area contributed by atoms with E-state index in [-0.39, 0.29) is 17.4 Å². The zero-order valence-corrected chi connectivity index (χ0v) is 28.5. The first-order chi connectivity index (χ1) is 25.3. The Morgan fingerprint density at radius 2 is 0.865 bits per heavy atom.